The van der Waals surface area contributed by atoms with Crippen LogP contribution in [0.2, 0.25) is 0 Å². The second-order valence-corrected chi connectivity index (χ2v) is 6.56. The molecule has 1 rings (SSSR count). The third-order valence-corrected chi connectivity index (χ3v) is 3.17. The largest absolute Gasteiger partial charge is 0.350 e. The molecule has 0 saturated carbocycles. The second-order valence-electron chi connectivity index (χ2n) is 6.56. The van der Waals surface area contributed by atoms with E-state index in [1.807, 2.05) is 58.0 Å². The summed E-state index contributed by atoms with van der Waals surface area (Å²) in [5.74, 6) is -0.00652. The van der Waals surface area contributed by atoms with Gasteiger partial charge in [0.2, 0.25) is 11.8 Å². The number of amides is 2. The second kappa shape index (κ2) is 7.25. The van der Waals surface area contributed by atoms with E-state index in [0.717, 1.165) is 5.56 Å². The Balaban J connectivity index is 2.50. The first-order chi connectivity index (χ1) is 9.69. The summed E-state index contributed by atoms with van der Waals surface area (Å²) in [5.41, 5.74) is 0.858. The van der Waals surface area contributed by atoms with Gasteiger partial charge in [0.15, 0.2) is 0 Å². The predicted molar refractivity (Wildman–Crippen MR) is 85.0 cm³/mol. The van der Waals surface area contributed by atoms with Gasteiger partial charge in [-0.25, -0.2) is 0 Å². The maximum Gasteiger partial charge on any atom is 0.240 e. The summed E-state index contributed by atoms with van der Waals surface area (Å²) in [4.78, 5) is 25.5. The van der Waals surface area contributed by atoms with Gasteiger partial charge in [0, 0.05) is 19.0 Å². The van der Waals surface area contributed by atoms with Crippen molar-refractivity contribution in [2.45, 2.75) is 45.6 Å². The molecule has 0 aliphatic heterocycles. The number of likely N-dealkylation sites (N-methyl/N-ethyl adjacent to an activating group) is 1. The van der Waals surface area contributed by atoms with E-state index in [-0.39, 0.29) is 29.8 Å². The van der Waals surface area contributed by atoms with Crippen LogP contribution in [-0.4, -0.2) is 35.8 Å². The normalized spacial score (nSPS) is 12.6. The van der Waals surface area contributed by atoms with Crippen molar-refractivity contribution in [3.05, 3.63) is 35.9 Å². The van der Waals surface area contributed by atoms with E-state index in [1.165, 1.54) is 4.90 Å². The Morgan fingerprint density at radius 1 is 1.19 bits per heavy atom. The molecule has 116 valence electrons. The van der Waals surface area contributed by atoms with Crippen LogP contribution in [0.1, 0.15) is 45.6 Å². The molecule has 1 atom stereocenters. The van der Waals surface area contributed by atoms with Gasteiger partial charge in [-0.15, -0.1) is 0 Å². The zero-order chi connectivity index (χ0) is 16.0. The summed E-state index contributed by atoms with van der Waals surface area (Å²) in [7, 11) is 1.67. The smallest absolute Gasteiger partial charge is 0.240 e. The van der Waals surface area contributed by atoms with Gasteiger partial charge >= 0.3 is 0 Å². The SMILES string of the molecule is CC(CC(=O)N(C)CC(=O)NC(C)(C)C)c1ccccc1. The van der Waals surface area contributed by atoms with Gasteiger partial charge in [0.1, 0.15) is 0 Å². The Hall–Kier alpha value is -1.84. The van der Waals surface area contributed by atoms with E-state index < -0.39 is 0 Å². The summed E-state index contributed by atoms with van der Waals surface area (Å²) in [6.45, 7) is 7.88. The van der Waals surface area contributed by atoms with E-state index in [1.54, 1.807) is 7.05 Å². The highest BCUT2D eigenvalue weighted by Gasteiger charge is 2.19. The Kier molecular flexibility index (Phi) is 5.94. The van der Waals surface area contributed by atoms with Crippen LogP contribution in [0, 0.1) is 0 Å². The van der Waals surface area contributed by atoms with Crippen LogP contribution in [0.4, 0.5) is 0 Å². The molecular formula is C17H26N2O2. The number of nitrogens with zero attached hydrogens (tertiary/aromatic N) is 1. The van der Waals surface area contributed by atoms with Gasteiger partial charge in [-0.1, -0.05) is 37.3 Å². The molecule has 0 saturated heterocycles. The molecule has 0 fully saturated rings. The zero-order valence-corrected chi connectivity index (χ0v) is 13.6. The summed E-state index contributed by atoms with van der Waals surface area (Å²) in [5, 5.41) is 2.86. The van der Waals surface area contributed by atoms with Crippen LogP contribution in [0.5, 0.6) is 0 Å². The maximum atomic E-state index is 12.2. The van der Waals surface area contributed by atoms with E-state index in [0.29, 0.717) is 6.42 Å². The van der Waals surface area contributed by atoms with Gasteiger partial charge in [0.25, 0.3) is 0 Å². The number of rotatable bonds is 5. The number of nitrogens with one attached hydrogen (secondary N) is 1. The van der Waals surface area contributed by atoms with E-state index in [4.69, 9.17) is 0 Å². The van der Waals surface area contributed by atoms with Crippen molar-refractivity contribution < 1.29 is 9.59 Å². The molecule has 0 radical (unpaired) electrons. The van der Waals surface area contributed by atoms with Crippen LogP contribution in [-0.2, 0) is 9.59 Å². The quantitative estimate of drug-likeness (QED) is 0.906. The van der Waals surface area contributed by atoms with Crippen LogP contribution in [0.3, 0.4) is 0 Å². The first kappa shape index (κ1) is 17.2. The highest BCUT2D eigenvalue weighted by atomic mass is 16.2. The minimum Gasteiger partial charge on any atom is -0.350 e. The van der Waals surface area contributed by atoms with Crippen molar-refractivity contribution in [1.82, 2.24) is 10.2 Å². The average Bonchev–Trinajstić information content (AvgIpc) is 2.37. The lowest BCUT2D eigenvalue weighted by atomic mass is 9.97. The standard InChI is InChI=1S/C17H26N2O2/c1-13(14-9-7-6-8-10-14)11-16(21)19(5)12-15(20)18-17(2,3)4/h6-10,13H,11-12H2,1-5H3,(H,18,20). The third-order valence-electron chi connectivity index (χ3n) is 3.17. The van der Waals surface area contributed by atoms with E-state index in [9.17, 15) is 9.59 Å². The minimum absolute atomic E-state index is 0.0181. The molecule has 0 bridgehead atoms. The highest BCUT2D eigenvalue weighted by molar-refractivity contribution is 5.85. The predicted octanol–water partition coefficient (Wildman–Crippen LogP) is 2.55. The van der Waals surface area contributed by atoms with Crippen molar-refractivity contribution in [1.29, 1.82) is 0 Å². The minimum atomic E-state index is -0.279. The molecule has 0 spiro atoms. The van der Waals surface area contributed by atoms with Crippen LogP contribution in [0.25, 0.3) is 0 Å². The van der Waals surface area contributed by atoms with Gasteiger partial charge in [-0.2, -0.15) is 0 Å². The number of carbonyl (C=O) groups is 2. The van der Waals surface area contributed by atoms with Crippen molar-refractivity contribution >= 4 is 11.8 Å². The van der Waals surface area contributed by atoms with Gasteiger partial charge in [-0.3, -0.25) is 9.59 Å². The van der Waals surface area contributed by atoms with Crippen molar-refractivity contribution in [3.8, 4) is 0 Å². The van der Waals surface area contributed by atoms with Crippen molar-refractivity contribution in [2.75, 3.05) is 13.6 Å². The molecule has 21 heavy (non-hydrogen) atoms. The van der Waals surface area contributed by atoms with Crippen LogP contribution in [0.15, 0.2) is 30.3 Å². The molecule has 0 aliphatic rings. The number of hydrogen-bond acceptors (Lipinski definition) is 2. The summed E-state index contributed by atoms with van der Waals surface area (Å²) < 4.78 is 0. The summed E-state index contributed by atoms with van der Waals surface area (Å²) in [6, 6.07) is 9.93. The highest BCUT2D eigenvalue weighted by Crippen LogP contribution is 2.19. The Bertz CT molecular complexity index is 477. The molecule has 1 N–H and O–H groups in total. The summed E-state index contributed by atoms with van der Waals surface area (Å²) in [6.07, 6.45) is 0.406. The fourth-order valence-corrected chi connectivity index (χ4v) is 2.08. The van der Waals surface area contributed by atoms with Crippen LogP contribution >= 0.6 is 0 Å². The fraction of sp³-hybridized carbons (Fsp3) is 0.529. The number of carbonyl (C=O) groups excluding carboxylic acids is 2. The molecule has 0 heterocycles. The van der Waals surface area contributed by atoms with Gasteiger partial charge < -0.3 is 10.2 Å². The number of hydrogen-bond donors (Lipinski definition) is 1. The zero-order valence-electron chi connectivity index (χ0n) is 13.6. The monoisotopic (exact) mass is 290 g/mol. The third kappa shape index (κ3) is 6.43. The van der Waals surface area contributed by atoms with E-state index in [2.05, 4.69) is 5.32 Å². The molecule has 0 aliphatic carbocycles. The first-order valence-corrected chi connectivity index (χ1v) is 7.29. The lowest BCUT2D eigenvalue weighted by Crippen LogP contribution is -2.46. The van der Waals surface area contributed by atoms with Gasteiger partial charge in [-0.05, 0) is 32.3 Å². The summed E-state index contributed by atoms with van der Waals surface area (Å²) >= 11 is 0. The van der Waals surface area contributed by atoms with Crippen molar-refractivity contribution in [2.24, 2.45) is 0 Å². The lowest BCUT2D eigenvalue weighted by molar-refractivity contribution is -0.135. The Labute approximate surface area is 127 Å². The molecule has 0 aromatic heterocycles. The Morgan fingerprint density at radius 3 is 2.29 bits per heavy atom. The first-order valence-electron chi connectivity index (χ1n) is 7.29. The molecule has 4 heteroatoms. The topological polar surface area (TPSA) is 49.4 Å². The molecule has 4 nitrogen and oxygen atoms in total. The lowest BCUT2D eigenvalue weighted by Gasteiger charge is -2.24. The molecular weight excluding hydrogens is 264 g/mol. The molecule has 1 aromatic rings. The van der Waals surface area contributed by atoms with E-state index >= 15 is 0 Å². The van der Waals surface area contributed by atoms with Crippen LogP contribution < -0.4 is 5.32 Å². The maximum absolute atomic E-state index is 12.2. The molecule has 1 unspecified atom stereocenters. The average molecular weight is 290 g/mol. The molecule has 2 amide bonds. The van der Waals surface area contributed by atoms with Gasteiger partial charge in [0.05, 0.1) is 6.54 Å². The number of benzene rings is 1. The molecule has 1 aromatic carbocycles. The van der Waals surface area contributed by atoms with Crippen molar-refractivity contribution in [3.63, 3.8) is 0 Å². The fourth-order valence-electron chi connectivity index (χ4n) is 2.08. The Morgan fingerprint density at radius 2 is 1.76 bits per heavy atom.